The largest absolute Gasteiger partial charge is 0.456 e. The molecule has 24 heavy (non-hydrogen) atoms. The number of hydrogen-bond donors (Lipinski definition) is 0. The van der Waals surface area contributed by atoms with Crippen molar-refractivity contribution in [3.63, 3.8) is 0 Å². The predicted octanol–water partition coefficient (Wildman–Crippen LogP) is 3.96. The Balaban J connectivity index is 1.82. The van der Waals surface area contributed by atoms with Gasteiger partial charge in [0.1, 0.15) is 11.8 Å². The van der Waals surface area contributed by atoms with Crippen LogP contribution in [0.4, 0.5) is 0 Å². The Morgan fingerprint density at radius 1 is 1.17 bits per heavy atom. The molecule has 3 aromatic rings. The van der Waals surface area contributed by atoms with Crippen molar-refractivity contribution in [1.82, 2.24) is 15.0 Å². The zero-order valence-corrected chi connectivity index (χ0v) is 14.4. The number of esters is 1. The van der Waals surface area contributed by atoms with E-state index in [1.807, 2.05) is 32.0 Å². The normalized spacial score (nSPS) is 10.8. The first kappa shape index (κ1) is 16.3. The van der Waals surface area contributed by atoms with Crippen LogP contribution in [0.3, 0.4) is 0 Å². The summed E-state index contributed by atoms with van der Waals surface area (Å²) in [6.45, 7) is 5.87. The molecule has 2 aromatic heterocycles. The molecule has 5 nitrogen and oxygen atoms in total. The molecule has 0 amide bonds. The molecule has 0 aliphatic heterocycles. The van der Waals surface area contributed by atoms with Crippen molar-refractivity contribution in [2.45, 2.75) is 27.4 Å². The number of carbonyl (C=O) groups excluding carboxylic acids is 1. The molecule has 0 atom stereocenters. The second-order valence-corrected chi connectivity index (χ2v) is 5.99. The molecule has 0 N–H and O–H groups in total. The molecular weight excluding hydrogens is 326 g/mol. The van der Waals surface area contributed by atoms with Crippen LogP contribution in [0.25, 0.3) is 10.9 Å². The van der Waals surface area contributed by atoms with E-state index < -0.39 is 5.97 Å². The second-order valence-electron chi connectivity index (χ2n) is 5.64. The quantitative estimate of drug-likeness (QED) is 0.533. The van der Waals surface area contributed by atoms with Crippen LogP contribution >= 0.6 is 11.6 Å². The molecule has 0 saturated heterocycles. The second kappa shape index (κ2) is 6.53. The van der Waals surface area contributed by atoms with Gasteiger partial charge in [0.05, 0.1) is 17.4 Å². The molecule has 6 heteroatoms. The summed E-state index contributed by atoms with van der Waals surface area (Å²) < 4.78 is 5.27. The van der Waals surface area contributed by atoms with Gasteiger partial charge in [0.25, 0.3) is 0 Å². The van der Waals surface area contributed by atoms with Gasteiger partial charge in [-0.05, 0) is 38.0 Å². The molecule has 1 aromatic carbocycles. The average Bonchev–Trinajstić information content (AvgIpc) is 2.57. The van der Waals surface area contributed by atoms with E-state index >= 15 is 0 Å². The van der Waals surface area contributed by atoms with Crippen LogP contribution in [0.2, 0.25) is 5.15 Å². The number of carbonyl (C=O) groups is 1. The van der Waals surface area contributed by atoms with Crippen molar-refractivity contribution in [2.24, 2.45) is 0 Å². The number of nitrogens with zero attached hydrogens (tertiary/aromatic N) is 3. The van der Waals surface area contributed by atoms with Gasteiger partial charge in [-0.2, -0.15) is 0 Å². The number of benzene rings is 1. The molecule has 0 radical (unpaired) electrons. The fourth-order valence-corrected chi connectivity index (χ4v) is 2.51. The van der Waals surface area contributed by atoms with Crippen LogP contribution in [0.15, 0.2) is 30.6 Å². The first-order chi connectivity index (χ1) is 11.5. The minimum atomic E-state index is -0.543. The van der Waals surface area contributed by atoms with Gasteiger partial charge in [-0.3, -0.25) is 4.98 Å². The molecular formula is C18H16ClN3O2. The minimum absolute atomic E-state index is 0.0308. The van der Waals surface area contributed by atoms with Crippen molar-refractivity contribution in [3.8, 4) is 0 Å². The average molecular weight is 342 g/mol. The van der Waals surface area contributed by atoms with Crippen LogP contribution in [0, 0.1) is 20.8 Å². The number of aryl methyl sites for hydroxylation is 3. The Labute approximate surface area is 144 Å². The lowest BCUT2D eigenvalue weighted by Gasteiger charge is -2.10. The van der Waals surface area contributed by atoms with Gasteiger partial charge in [0.2, 0.25) is 0 Å². The van der Waals surface area contributed by atoms with Crippen molar-refractivity contribution in [1.29, 1.82) is 0 Å². The maximum atomic E-state index is 12.0. The van der Waals surface area contributed by atoms with Crippen LogP contribution < -0.4 is 0 Å². The third-order valence-electron chi connectivity index (χ3n) is 3.89. The molecule has 0 aliphatic carbocycles. The van der Waals surface area contributed by atoms with Gasteiger partial charge >= 0.3 is 5.97 Å². The zero-order chi connectivity index (χ0) is 17.3. The molecule has 2 heterocycles. The molecule has 3 rings (SSSR count). The Morgan fingerprint density at radius 2 is 1.96 bits per heavy atom. The van der Waals surface area contributed by atoms with E-state index in [1.165, 1.54) is 12.4 Å². The minimum Gasteiger partial charge on any atom is -0.456 e. The van der Waals surface area contributed by atoms with Crippen LogP contribution in [0.5, 0.6) is 0 Å². The summed E-state index contributed by atoms with van der Waals surface area (Å²) in [6, 6.07) is 5.91. The summed E-state index contributed by atoms with van der Waals surface area (Å²) in [4.78, 5) is 24.5. The van der Waals surface area contributed by atoms with Gasteiger partial charge in [-0.1, -0.05) is 23.7 Å². The first-order valence-electron chi connectivity index (χ1n) is 7.47. The van der Waals surface area contributed by atoms with Crippen molar-refractivity contribution in [2.75, 3.05) is 0 Å². The number of hydrogen-bond acceptors (Lipinski definition) is 5. The maximum Gasteiger partial charge on any atom is 0.358 e. The monoisotopic (exact) mass is 341 g/mol. The molecule has 0 aliphatic rings. The lowest BCUT2D eigenvalue weighted by molar-refractivity contribution is 0.0465. The number of ether oxygens (including phenoxy) is 1. The van der Waals surface area contributed by atoms with Crippen molar-refractivity contribution >= 4 is 28.5 Å². The van der Waals surface area contributed by atoms with Gasteiger partial charge in [-0.15, -0.1) is 0 Å². The van der Waals surface area contributed by atoms with Crippen molar-refractivity contribution in [3.05, 3.63) is 63.8 Å². The number of fused-ring (bicyclic) bond motifs is 1. The number of aromatic nitrogens is 3. The Hall–Kier alpha value is -2.53. The highest BCUT2D eigenvalue weighted by atomic mass is 35.5. The summed E-state index contributed by atoms with van der Waals surface area (Å²) in [7, 11) is 0. The molecule has 122 valence electrons. The van der Waals surface area contributed by atoms with Gasteiger partial charge < -0.3 is 4.74 Å². The van der Waals surface area contributed by atoms with E-state index in [4.69, 9.17) is 16.3 Å². The molecule has 0 bridgehead atoms. The van der Waals surface area contributed by atoms with E-state index in [9.17, 15) is 4.79 Å². The highest BCUT2D eigenvalue weighted by molar-refractivity contribution is 6.30. The number of halogens is 1. The molecule has 0 saturated carbocycles. The van der Waals surface area contributed by atoms with E-state index in [1.54, 1.807) is 6.92 Å². The van der Waals surface area contributed by atoms with Gasteiger partial charge in [-0.25, -0.2) is 14.8 Å². The van der Waals surface area contributed by atoms with Gasteiger partial charge in [0, 0.05) is 17.1 Å². The van der Waals surface area contributed by atoms with Crippen LogP contribution in [-0.2, 0) is 11.3 Å². The van der Waals surface area contributed by atoms with E-state index in [-0.39, 0.29) is 12.3 Å². The highest BCUT2D eigenvalue weighted by Crippen LogP contribution is 2.25. The summed E-state index contributed by atoms with van der Waals surface area (Å²) in [5.41, 5.74) is 4.66. The van der Waals surface area contributed by atoms with Gasteiger partial charge in [0.15, 0.2) is 5.69 Å². The smallest absolute Gasteiger partial charge is 0.358 e. The summed E-state index contributed by atoms with van der Waals surface area (Å²) in [5, 5.41) is 1.29. The summed E-state index contributed by atoms with van der Waals surface area (Å²) >= 11 is 6.25. The Kier molecular flexibility index (Phi) is 4.44. The number of pyridine rings is 1. The van der Waals surface area contributed by atoms with E-state index in [2.05, 4.69) is 15.0 Å². The Morgan fingerprint density at radius 3 is 2.67 bits per heavy atom. The number of rotatable bonds is 3. The first-order valence-corrected chi connectivity index (χ1v) is 7.84. The highest BCUT2D eigenvalue weighted by Gasteiger charge is 2.13. The predicted molar refractivity (Wildman–Crippen MR) is 92.1 cm³/mol. The topological polar surface area (TPSA) is 65.0 Å². The standard InChI is InChI=1S/C18H16ClN3O2/c1-10-4-5-13-6-14(17(19)22-16(13)12(10)3)9-24-18(23)15-8-20-11(2)7-21-15/h4-8H,9H2,1-3H3. The molecule has 0 unspecified atom stereocenters. The molecule has 0 spiro atoms. The zero-order valence-electron chi connectivity index (χ0n) is 13.6. The summed E-state index contributed by atoms with van der Waals surface area (Å²) in [5.74, 6) is -0.543. The van der Waals surface area contributed by atoms with Crippen LogP contribution in [0.1, 0.15) is 32.9 Å². The Bertz CT molecular complexity index is 924. The fraction of sp³-hybridized carbons (Fsp3) is 0.222. The SMILES string of the molecule is Cc1cnc(C(=O)OCc2cc3ccc(C)c(C)c3nc2Cl)cn1. The van der Waals surface area contributed by atoms with Crippen molar-refractivity contribution < 1.29 is 9.53 Å². The third-order valence-corrected chi connectivity index (χ3v) is 4.21. The summed E-state index contributed by atoms with van der Waals surface area (Å²) in [6.07, 6.45) is 2.91. The van der Waals surface area contributed by atoms with E-state index in [0.717, 1.165) is 27.7 Å². The van der Waals surface area contributed by atoms with Crippen LogP contribution in [-0.4, -0.2) is 20.9 Å². The molecule has 0 fully saturated rings. The third kappa shape index (κ3) is 3.21. The van der Waals surface area contributed by atoms with E-state index in [0.29, 0.717) is 10.7 Å². The maximum absolute atomic E-state index is 12.0. The lowest BCUT2D eigenvalue weighted by atomic mass is 10.0. The lowest BCUT2D eigenvalue weighted by Crippen LogP contribution is -2.08. The fourth-order valence-electron chi connectivity index (χ4n) is 2.32.